The molecule has 1 saturated heterocycles. The monoisotopic (exact) mass is 309 g/mol. The fourth-order valence-electron chi connectivity index (χ4n) is 1.98. The Kier molecular flexibility index (Phi) is 4.59. The lowest BCUT2D eigenvalue weighted by Crippen LogP contribution is -2.43. The molecule has 1 N–H and O–H groups in total. The Balaban J connectivity index is 1.96. The van der Waals surface area contributed by atoms with Crippen molar-refractivity contribution >= 4 is 21.6 Å². The molecular formula is C13H16BrN3O. The van der Waals surface area contributed by atoms with Crippen LogP contribution in [0.1, 0.15) is 5.56 Å². The minimum Gasteiger partial charge on any atom is -0.381 e. The third-order valence-electron chi connectivity index (χ3n) is 2.96. The lowest BCUT2D eigenvalue weighted by atomic mass is 10.2. The molecule has 1 atom stereocenters. The molecule has 0 radical (unpaired) electrons. The van der Waals surface area contributed by atoms with E-state index in [0.717, 1.165) is 36.4 Å². The van der Waals surface area contributed by atoms with Gasteiger partial charge in [-0.1, -0.05) is 15.9 Å². The molecule has 0 amide bonds. The number of benzene rings is 1. The summed E-state index contributed by atoms with van der Waals surface area (Å²) in [6, 6.07) is 7.84. The summed E-state index contributed by atoms with van der Waals surface area (Å²) in [4.78, 5) is 2.25. The second kappa shape index (κ2) is 6.19. The molecule has 0 bridgehead atoms. The van der Waals surface area contributed by atoms with E-state index in [4.69, 9.17) is 10.00 Å². The third-order valence-corrected chi connectivity index (χ3v) is 3.46. The zero-order valence-electron chi connectivity index (χ0n) is 10.3. The van der Waals surface area contributed by atoms with Crippen LogP contribution in [-0.4, -0.2) is 44.3 Å². The van der Waals surface area contributed by atoms with Gasteiger partial charge in [0.05, 0.1) is 24.0 Å². The van der Waals surface area contributed by atoms with Crippen molar-refractivity contribution in [2.75, 3.05) is 38.6 Å². The Hall–Kier alpha value is -1.09. The normalized spacial score (nSPS) is 20.4. The van der Waals surface area contributed by atoms with Crippen molar-refractivity contribution < 1.29 is 4.74 Å². The summed E-state index contributed by atoms with van der Waals surface area (Å²) in [5.74, 6) is 0. The van der Waals surface area contributed by atoms with E-state index in [1.54, 1.807) is 0 Å². The minimum absolute atomic E-state index is 0.180. The molecule has 2 rings (SSSR count). The van der Waals surface area contributed by atoms with Crippen LogP contribution in [0.3, 0.4) is 0 Å². The molecule has 96 valence electrons. The van der Waals surface area contributed by atoms with E-state index in [1.807, 2.05) is 18.2 Å². The number of nitrogens with one attached hydrogen (secondary N) is 1. The highest BCUT2D eigenvalue weighted by molar-refractivity contribution is 9.10. The van der Waals surface area contributed by atoms with Gasteiger partial charge in [-0.2, -0.15) is 5.26 Å². The fourth-order valence-corrected chi connectivity index (χ4v) is 2.34. The van der Waals surface area contributed by atoms with Crippen LogP contribution < -0.4 is 5.32 Å². The van der Waals surface area contributed by atoms with Gasteiger partial charge in [-0.25, -0.2) is 0 Å². The largest absolute Gasteiger partial charge is 0.381 e. The molecule has 5 heteroatoms. The molecule has 1 aliphatic rings. The smallest absolute Gasteiger partial charge is 0.101 e. The fraction of sp³-hybridized carbons (Fsp3) is 0.462. The first-order valence-electron chi connectivity index (χ1n) is 5.92. The molecule has 4 nitrogen and oxygen atoms in total. The van der Waals surface area contributed by atoms with Crippen molar-refractivity contribution in [1.82, 2.24) is 4.90 Å². The van der Waals surface area contributed by atoms with E-state index in [1.165, 1.54) is 0 Å². The van der Waals surface area contributed by atoms with Crippen molar-refractivity contribution in [3.05, 3.63) is 28.2 Å². The van der Waals surface area contributed by atoms with Gasteiger partial charge in [0.2, 0.25) is 0 Å². The molecular weight excluding hydrogens is 294 g/mol. The van der Waals surface area contributed by atoms with E-state index < -0.39 is 0 Å². The van der Waals surface area contributed by atoms with Crippen LogP contribution >= 0.6 is 15.9 Å². The van der Waals surface area contributed by atoms with Crippen molar-refractivity contribution in [2.24, 2.45) is 0 Å². The zero-order valence-corrected chi connectivity index (χ0v) is 11.9. The van der Waals surface area contributed by atoms with Gasteiger partial charge in [0, 0.05) is 24.1 Å². The maximum absolute atomic E-state index is 9.07. The van der Waals surface area contributed by atoms with Gasteiger partial charge < -0.3 is 15.0 Å². The number of rotatable bonds is 3. The van der Waals surface area contributed by atoms with Crippen molar-refractivity contribution in [2.45, 2.75) is 6.10 Å². The zero-order chi connectivity index (χ0) is 13.0. The Bertz CT molecular complexity index is 458. The number of morpholine rings is 1. The number of halogens is 1. The molecule has 0 aliphatic carbocycles. The molecule has 1 heterocycles. The molecule has 0 spiro atoms. The number of likely N-dealkylation sites (N-methyl/N-ethyl adjacent to an activating group) is 1. The van der Waals surface area contributed by atoms with E-state index in [0.29, 0.717) is 5.56 Å². The Morgan fingerprint density at radius 3 is 3.17 bits per heavy atom. The summed E-state index contributed by atoms with van der Waals surface area (Å²) in [6.45, 7) is 3.40. The van der Waals surface area contributed by atoms with E-state index in [2.05, 4.69) is 39.3 Å². The maximum Gasteiger partial charge on any atom is 0.101 e. The number of anilines is 1. The first kappa shape index (κ1) is 13.3. The first-order valence-corrected chi connectivity index (χ1v) is 6.72. The quantitative estimate of drug-likeness (QED) is 0.928. The Morgan fingerprint density at radius 1 is 1.61 bits per heavy atom. The SMILES string of the molecule is CN1CCOC(CNc2ccc(Br)cc2C#N)C1. The predicted molar refractivity (Wildman–Crippen MR) is 74.6 cm³/mol. The van der Waals surface area contributed by atoms with Gasteiger partial charge in [-0.15, -0.1) is 0 Å². The van der Waals surface area contributed by atoms with Gasteiger partial charge in [0.25, 0.3) is 0 Å². The van der Waals surface area contributed by atoms with Gasteiger partial charge >= 0.3 is 0 Å². The lowest BCUT2D eigenvalue weighted by molar-refractivity contribution is -0.0117. The second-order valence-electron chi connectivity index (χ2n) is 4.44. The molecule has 1 unspecified atom stereocenters. The lowest BCUT2D eigenvalue weighted by Gasteiger charge is -2.30. The van der Waals surface area contributed by atoms with Crippen LogP contribution in [0.15, 0.2) is 22.7 Å². The van der Waals surface area contributed by atoms with Gasteiger partial charge in [0.1, 0.15) is 6.07 Å². The van der Waals surface area contributed by atoms with E-state index >= 15 is 0 Å². The highest BCUT2D eigenvalue weighted by Crippen LogP contribution is 2.20. The maximum atomic E-state index is 9.07. The molecule has 0 saturated carbocycles. The number of hydrogen-bond donors (Lipinski definition) is 1. The Morgan fingerprint density at radius 2 is 2.44 bits per heavy atom. The van der Waals surface area contributed by atoms with E-state index in [9.17, 15) is 0 Å². The highest BCUT2D eigenvalue weighted by Gasteiger charge is 2.17. The van der Waals surface area contributed by atoms with Crippen LogP contribution in [0, 0.1) is 11.3 Å². The standard InChI is InChI=1S/C13H16BrN3O/c1-17-4-5-18-12(9-17)8-16-13-3-2-11(14)6-10(13)7-15/h2-3,6,12,16H,4-5,8-9H2,1H3. The average Bonchev–Trinajstić information content (AvgIpc) is 2.37. The van der Waals surface area contributed by atoms with Gasteiger partial charge in [-0.05, 0) is 25.2 Å². The topological polar surface area (TPSA) is 48.3 Å². The molecule has 1 aromatic rings. The summed E-state index contributed by atoms with van der Waals surface area (Å²) in [7, 11) is 2.09. The van der Waals surface area contributed by atoms with Crippen LogP contribution in [0.25, 0.3) is 0 Å². The number of ether oxygens (including phenoxy) is 1. The molecule has 1 aliphatic heterocycles. The number of nitrogens with zero attached hydrogens (tertiary/aromatic N) is 2. The second-order valence-corrected chi connectivity index (χ2v) is 5.35. The van der Waals surface area contributed by atoms with Crippen molar-refractivity contribution in [3.8, 4) is 6.07 Å². The molecule has 1 fully saturated rings. The summed E-state index contributed by atoms with van der Waals surface area (Å²) < 4.78 is 6.59. The Labute approximate surface area is 116 Å². The average molecular weight is 310 g/mol. The molecule has 0 aromatic heterocycles. The van der Waals surface area contributed by atoms with Crippen molar-refractivity contribution in [3.63, 3.8) is 0 Å². The summed E-state index contributed by atoms with van der Waals surface area (Å²) in [5, 5.41) is 12.4. The summed E-state index contributed by atoms with van der Waals surface area (Å²) in [5.41, 5.74) is 1.51. The number of nitriles is 1. The van der Waals surface area contributed by atoms with Crippen LogP contribution in [-0.2, 0) is 4.74 Å². The number of hydrogen-bond acceptors (Lipinski definition) is 4. The minimum atomic E-state index is 0.180. The highest BCUT2D eigenvalue weighted by atomic mass is 79.9. The summed E-state index contributed by atoms with van der Waals surface area (Å²) >= 11 is 3.36. The van der Waals surface area contributed by atoms with Crippen LogP contribution in [0.4, 0.5) is 5.69 Å². The van der Waals surface area contributed by atoms with Crippen molar-refractivity contribution in [1.29, 1.82) is 5.26 Å². The third kappa shape index (κ3) is 3.45. The van der Waals surface area contributed by atoms with E-state index in [-0.39, 0.29) is 6.10 Å². The first-order chi connectivity index (χ1) is 8.69. The molecule has 1 aromatic carbocycles. The van der Waals surface area contributed by atoms with Crippen LogP contribution in [0.5, 0.6) is 0 Å². The predicted octanol–water partition coefficient (Wildman–Crippen LogP) is 2.06. The molecule has 18 heavy (non-hydrogen) atoms. The van der Waals surface area contributed by atoms with Crippen LogP contribution in [0.2, 0.25) is 0 Å². The van der Waals surface area contributed by atoms with Gasteiger partial charge in [0.15, 0.2) is 0 Å². The summed E-state index contributed by atoms with van der Waals surface area (Å²) in [6.07, 6.45) is 0.180. The van der Waals surface area contributed by atoms with Gasteiger partial charge in [-0.3, -0.25) is 0 Å².